The highest BCUT2D eigenvalue weighted by Gasteiger charge is 2.43. The highest BCUT2D eigenvalue weighted by atomic mass is 16.2. The maximum Gasteiger partial charge on any atom is 0.255 e. The zero-order valence-electron chi connectivity index (χ0n) is 14.0. The third-order valence-corrected chi connectivity index (χ3v) is 5.46. The van der Waals surface area contributed by atoms with Gasteiger partial charge in [0, 0.05) is 43.7 Å². The van der Waals surface area contributed by atoms with Gasteiger partial charge in [0.05, 0.1) is 11.3 Å². The summed E-state index contributed by atoms with van der Waals surface area (Å²) in [6, 6.07) is 1.94. The number of aryl methyl sites for hydroxylation is 2. The molecule has 0 aromatic carbocycles. The highest BCUT2D eigenvalue weighted by molar-refractivity contribution is 5.97. The largest absolute Gasteiger partial charge is 0.338 e. The van der Waals surface area contributed by atoms with Gasteiger partial charge in [0.2, 0.25) is 0 Å². The van der Waals surface area contributed by atoms with E-state index in [4.69, 9.17) is 0 Å². The number of hydrogen-bond acceptors (Lipinski definition) is 4. The van der Waals surface area contributed by atoms with E-state index in [1.807, 2.05) is 24.9 Å². The molecule has 2 aromatic rings. The fraction of sp³-hybridized carbons (Fsp3) is 0.588. The van der Waals surface area contributed by atoms with Gasteiger partial charge in [-0.2, -0.15) is 5.10 Å². The Balaban J connectivity index is 1.59. The number of aromatic nitrogens is 3. The first-order valence-electron chi connectivity index (χ1n) is 8.25. The minimum absolute atomic E-state index is 0.106. The van der Waals surface area contributed by atoms with Crippen LogP contribution in [0.1, 0.15) is 28.9 Å². The number of pyridine rings is 1. The van der Waals surface area contributed by atoms with Gasteiger partial charge in [-0.25, -0.2) is 4.98 Å². The Morgan fingerprint density at radius 2 is 2.00 bits per heavy atom. The first kappa shape index (κ1) is 14.6. The molecule has 4 heterocycles. The van der Waals surface area contributed by atoms with Gasteiger partial charge in [0.15, 0.2) is 5.65 Å². The number of carbonyl (C=O) groups excluding carboxylic acids is 1. The van der Waals surface area contributed by atoms with Crippen molar-refractivity contribution in [3.05, 3.63) is 23.5 Å². The van der Waals surface area contributed by atoms with Crippen molar-refractivity contribution in [2.45, 2.75) is 19.8 Å². The number of fused-ring (bicyclic) bond motifs is 1. The van der Waals surface area contributed by atoms with E-state index in [1.54, 1.807) is 10.9 Å². The van der Waals surface area contributed by atoms with Gasteiger partial charge in [0.1, 0.15) is 0 Å². The van der Waals surface area contributed by atoms with Crippen LogP contribution in [0.3, 0.4) is 0 Å². The second-order valence-corrected chi connectivity index (χ2v) is 7.27. The molecule has 2 aliphatic rings. The van der Waals surface area contributed by atoms with E-state index in [0.29, 0.717) is 11.0 Å². The molecule has 0 saturated carbocycles. The topological polar surface area (TPSA) is 54.3 Å². The van der Waals surface area contributed by atoms with E-state index in [2.05, 4.69) is 22.0 Å². The van der Waals surface area contributed by atoms with Crippen molar-refractivity contribution in [1.29, 1.82) is 0 Å². The van der Waals surface area contributed by atoms with Crippen molar-refractivity contribution in [3.8, 4) is 0 Å². The molecule has 2 aromatic heterocycles. The lowest BCUT2D eigenvalue weighted by Crippen LogP contribution is -2.33. The molecule has 0 aliphatic carbocycles. The quantitative estimate of drug-likeness (QED) is 0.799. The average molecular weight is 313 g/mol. The Morgan fingerprint density at radius 3 is 2.74 bits per heavy atom. The van der Waals surface area contributed by atoms with Gasteiger partial charge in [-0.1, -0.05) is 0 Å². The van der Waals surface area contributed by atoms with Crippen LogP contribution in [0.15, 0.2) is 12.3 Å². The van der Waals surface area contributed by atoms with Crippen LogP contribution in [-0.2, 0) is 7.05 Å². The van der Waals surface area contributed by atoms with E-state index in [9.17, 15) is 4.79 Å². The van der Waals surface area contributed by atoms with E-state index >= 15 is 0 Å². The van der Waals surface area contributed by atoms with Crippen LogP contribution in [0.4, 0.5) is 0 Å². The minimum Gasteiger partial charge on any atom is -0.338 e. The molecule has 2 fully saturated rings. The van der Waals surface area contributed by atoms with Gasteiger partial charge < -0.3 is 9.80 Å². The first-order valence-corrected chi connectivity index (χ1v) is 8.25. The maximum atomic E-state index is 12.9. The number of hydrogen-bond donors (Lipinski definition) is 0. The zero-order chi connectivity index (χ0) is 16.2. The first-order chi connectivity index (χ1) is 11.0. The van der Waals surface area contributed by atoms with Crippen molar-refractivity contribution in [3.63, 3.8) is 0 Å². The summed E-state index contributed by atoms with van der Waals surface area (Å²) in [6.07, 6.45) is 4.01. The summed E-state index contributed by atoms with van der Waals surface area (Å²) in [5.41, 5.74) is 2.73. The van der Waals surface area contributed by atoms with Crippen LogP contribution >= 0.6 is 0 Å². The van der Waals surface area contributed by atoms with Crippen molar-refractivity contribution in [2.24, 2.45) is 12.5 Å². The lowest BCUT2D eigenvalue weighted by Gasteiger charge is -2.23. The molecular formula is C17H23N5O. The third kappa shape index (κ3) is 2.32. The molecule has 0 bridgehead atoms. The number of likely N-dealkylation sites (tertiary alicyclic amines) is 2. The van der Waals surface area contributed by atoms with Crippen LogP contribution in [0.25, 0.3) is 11.0 Å². The van der Waals surface area contributed by atoms with Crippen LogP contribution in [0, 0.1) is 12.3 Å². The van der Waals surface area contributed by atoms with Crippen LogP contribution in [0.2, 0.25) is 0 Å². The molecule has 1 spiro atoms. The molecule has 0 N–H and O–H groups in total. The number of rotatable bonds is 1. The molecule has 4 rings (SSSR count). The smallest absolute Gasteiger partial charge is 0.255 e. The van der Waals surface area contributed by atoms with Gasteiger partial charge in [-0.3, -0.25) is 9.48 Å². The van der Waals surface area contributed by atoms with Gasteiger partial charge >= 0.3 is 0 Å². The minimum atomic E-state index is 0.106. The van der Waals surface area contributed by atoms with Crippen molar-refractivity contribution in [2.75, 3.05) is 33.2 Å². The Kier molecular flexibility index (Phi) is 3.20. The summed E-state index contributed by atoms with van der Waals surface area (Å²) >= 11 is 0. The second kappa shape index (κ2) is 5.03. The van der Waals surface area contributed by atoms with E-state index < -0.39 is 0 Å². The second-order valence-electron chi connectivity index (χ2n) is 7.27. The number of nitrogens with zero attached hydrogens (tertiary/aromatic N) is 5. The fourth-order valence-electron chi connectivity index (χ4n) is 4.21. The number of amides is 1. The lowest BCUT2D eigenvalue weighted by atomic mass is 9.86. The van der Waals surface area contributed by atoms with Crippen LogP contribution < -0.4 is 0 Å². The van der Waals surface area contributed by atoms with Crippen LogP contribution in [0.5, 0.6) is 0 Å². The van der Waals surface area contributed by atoms with Crippen molar-refractivity contribution >= 4 is 16.9 Å². The van der Waals surface area contributed by atoms with E-state index in [0.717, 1.165) is 49.3 Å². The SMILES string of the molecule is Cc1nn(C)c2ncc(C(=O)N3CCC4(CCN(C)C4)C3)cc12. The van der Waals surface area contributed by atoms with Gasteiger partial charge in [-0.15, -0.1) is 0 Å². The Morgan fingerprint density at radius 1 is 1.22 bits per heavy atom. The average Bonchev–Trinajstić information content (AvgIpc) is 3.19. The molecule has 1 atom stereocenters. The van der Waals surface area contributed by atoms with Gasteiger partial charge in [-0.05, 0) is 39.4 Å². The summed E-state index contributed by atoms with van der Waals surface area (Å²) in [5.74, 6) is 0.106. The molecule has 1 unspecified atom stereocenters. The molecule has 2 saturated heterocycles. The third-order valence-electron chi connectivity index (χ3n) is 5.46. The molecule has 6 nitrogen and oxygen atoms in total. The fourth-order valence-corrected chi connectivity index (χ4v) is 4.21. The Hall–Kier alpha value is -1.95. The number of carbonyl (C=O) groups is 1. The lowest BCUT2D eigenvalue weighted by molar-refractivity contribution is 0.0773. The Labute approximate surface area is 136 Å². The predicted octanol–water partition coefficient (Wildman–Crippen LogP) is 1.44. The predicted molar refractivity (Wildman–Crippen MR) is 88.3 cm³/mol. The van der Waals surface area contributed by atoms with E-state index in [-0.39, 0.29) is 5.91 Å². The standard InChI is InChI=1S/C17H23N5O/c1-12-14-8-13(9-18-15(14)21(3)19-12)16(23)22-7-5-17(11-22)4-6-20(2)10-17/h8-9H,4-7,10-11H2,1-3H3. The highest BCUT2D eigenvalue weighted by Crippen LogP contribution is 2.39. The van der Waals surface area contributed by atoms with Crippen molar-refractivity contribution in [1.82, 2.24) is 24.6 Å². The van der Waals surface area contributed by atoms with Crippen LogP contribution in [-0.4, -0.2) is 63.7 Å². The monoisotopic (exact) mass is 313 g/mol. The summed E-state index contributed by atoms with van der Waals surface area (Å²) < 4.78 is 1.76. The summed E-state index contributed by atoms with van der Waals surface area (Å²) in [6.45, 7) is 5.94. The molecule has 122 valence electrons. The zero-order valence-corrected chi connectivity index (χ0v) is 14.0. The Bertz CT molecular complexity index is 783. The summed E-state index contributed by atoms with van der Waals surface area (Å²) in [5, 5.41) is 5.34. The molecule has 2 aliphatic heterocycles. The molecule has 23 heavy (non-hydrogen) atoms. The van der Waals surface area contributed by atoms with Crippen molar-refractivity contribution < 1.29 is 4.79 Å². The summed E-state index contributed by atoms with van der Waals surface area (Å²) in [4.78, 5) is 21.7. The molecule has 6 heteroatoms. The molecule has 1 amide bonds. The molecular weight excluding hydrogens is 290 g/mol. The maximum absolute atomic E-state index is 12.9. The van der Waals surface area contributed by atoms with E-state index in [1.165, 1.54) is 6.42 Å². The molecule has 0 radical (unpaired) electrons. The van der Waals surface area contributed by atoms with Gasteiger partial charge in [0.25, 0.3) is 5.91 Å². The summed E-state index contributed by atoms with van der Waals surface area (Å²) in [7, 11) is 4.05. The normalized spacial score (nSPS) is 25.1.